The number of nitrogens with one attached hydrogen (secondary N) is 2. The number of ether oxygens (including phenoxy) is 1. The first-order chi connectivity index (χ1) is 8.17. The largest absolute Gasteiger partial charge is 0.496 e. The van der Waals surface area contributed by atoms with Gasteiger partial charge in [-0.1, -0.05) is 11.6 Å². The molecule has 0 bridgehead atoms. The summed E-state index contributed by atoms with van der Waals surface area (Å²) in [5.74, 6) is 0.693. The van der Waals surface area contributed by atoms with Crippen LogP contribution in [-0.2, 0) is 6.54 Å². The first-order valence-electron chi connectivity index (χ1n) is 5.20. The Morgan fingerprint density at radius 1 is 1.47 bits per heavy atom. The fourth-order valence-corrected chi connectivity index (χ4v) is 1.99. The van der Waals surface area contributed by atoms with Crippen molar-refractivity contribution in [3.63, 3.8) is 0 Å². The van der Waals surface area contributed by atoms with Gasteiger partial charge in [-0.25, -0.2) is 0 Å². The molecule has 0 spiro atoms. The van der Waals surface area contributed by atoms with E-state index in [1.807, 2.05) is 0 Å². The molecule has 2 N–H and O–H groups in total. The molecule has 0 radical (unpaired) electrons. The van der Waals surface area contributed by atoms with Crippen LogP contribution in [0.3, 0.4) is 0 Å². The molecule has 0 amide bonds. The van der Waals surface area contributed by atoms with Gasteiger partial charge < -0.3 is 15.0 Å². The number of hydrogen-bond donors (Lipinski definition) is 2. The molecule has 0 aliphatic carbocycles. The van der Waals surface area contributed by atoms with Crippen LogP contribution in [0.4, 0.5) is 0 Å². The van der Waals surface area contributed by atoms with Gasteiger partial charge in [0.15, 0.2) is 0 Å². The molecule has 5 heteroatoms. The summed E-state index contributed by atoms with van der Waals surface area (Å²) in [7, 11) is 3.38. The summed E-state index contributed by atoms with van der Waals surface area (Å²) >= 11 is 6.05. The fraction of sp³-hybridized carbons (Fsp3) is 0.250. The third kappa shape index (κ3) is 2.14. The highest BCUT2D eigenvalue weighted by Gasteiger charge is 2.09. The van der Waals surface area contributed by atoms with Crippen molar-refractivity contribution in [3.8, 4) is 5.75 Å². The third-order valence-corrected chi connectivity index (χ3v) is 2.91. The van der Waals surface area contributed by atoms with Crippen LogP contribution < -0.4 is 15.6 Å². The summed E-state index contributed by atoms with van der Waals surface area (Å²) < 4.78 is 5.25. The zero-order chi connectivity index (χ0) is 12.4. The Labute approximate surface area is 104 Å². The van der Waals surface area contributed by atoms with Crippen LogP contribution in [0.15, 0.2) is 23.0 Å². The van der Waals surface area contributed by atoms with Gasteiger partial charge in [0.25, 0.3) is 5.56 Å². The van der Waals surface area contributed by atoms with E-state index < -0.39 is 0 Å². The Morgan fingerprint density at radius 3 is 2.88 bits per heavy atom. The van der Waals surface area contributed by atoms with E-state index in [-0.39, 0.29) is 5.56 Å². The number of aromatic nitrogens is 1. The van der Waals surface area contributed by atoms with Crippen LogP contribution >= 0.6 is 11.6 Å². The predicted molar refractivity (Wildman–Crippen MR) is 68.9 cm³/mol. The lowest BCUT2D eigenvalue weighted by Crippen LogP contribution is -2.18. The maximum Gasteiger partial charge on any atom is 0.252 e. The van der Waals surface area contributed by atoms with Crippen molar-refractivity contribution in [2.75, 3.05) is 14.2 Å². The third-order valence-electron chi connectivity index (χ3n) is 2.59. The molecule has 1 heterocycles. The first kappa shape index (κ1) is 12.0. The molecule has 0 aliphatic heterocycles. The minimum Gasteiger partial charge on any atom is -0.496 e. The standard InChI is InChI=1S/C12H13ClN2O2/c1-14-6-7-5-8-10(17-2)4-3-9(13)11(8)15-12(7)16/h3-5,14H,6H2,1-2H3,(H,15,16). The first-order valence-corrected chi connectivity index (χ1v) is 5.58. The molecule has 0 fully saturated rings. The molecule has 1 aromatic heterocycles. The number of hydrogen-bond acceptors (Lipinski definition) is 3. The van der Waals surface area contributed by atoms with Crippen LogP contribution in [0.5, 0.6) is 5.75 Å². The molecule has 2 rings (SSSR count). The predicted octanol–water partition coefficient (Wildman–Crippen LogP) is 1.91. The Bertz CT molecular complexity index is 607. The number of methoxy groups -OCH3 is 1. The molecule has 0 saturated carbocycles. The van der Waals surface area contributed by atoms with Gasteiger partial charge in [0, 0.05) is 17.5 Å². The highest BCUT2D eigenvalue weighted by molar-refractivity contribution is 6.35. The number of halogens is 1. The van der Waals surface area contributed by atoms with Crippen LogP contribution in [0, 0.1) is 0 Å². The number of H-pyrrole nitrogens is 1. The average Bonchev–Trinajstić information content (AvgIpc) is 2.32. The van der Waals surface area contributed by atoms with E-state index in [1.54, 1.807) is 32.4 Å². The van der Waals surface area contributed by atoms with Gasteiger partial charge in [-0.15, -0.1) is 0 Å². The highest BCUT2D eigenvalue weighted by atomic mass is 35.5. The van der Waals surface area contributed by atoms with Gasteiger partial charge >= 0.3 is 0 Å². The molecule has 4 nitrogen and oxygen atoms in total. The van der Waals surface area contributed by atoms with E-state index in [1.165, 1.54) is 0 Å². The van der Waals surface area contributed by atoms with Crippen LogP contribution in [0.2, 0.25) is 5.02 Å². The van der Waals surface area contributed by atoms with Crippen molar-refractivity contribution in [3.05, 3.63) is 39.1 Å². The molecule has 17 heavy (non-hydrogen) atoms. The molecule has 0 atom stereocenters. The van der Waals surface area contributed by atoms with Gasteiger partial charge in [0.05, 0.1) is 17.6 Å². The van der Waals surface area contributed by atoms with E-state index >= 15 is 0 Å². The quantitative estimate of drug-likeness (QED) is 0.877. The molecule has 0 aliphatic rings. The second-order valence-electron chi connectivity index (χ2n) is 3.69. The molecular formula is C12H13ClN2O2. The molecule has 1 aromatic carbocycles. The van der Waals surface area contributed by atoms with Crippen molar-refractivity contribution in [2.24, 2.45) is 0 Å². The molecule has 0 saturated heterocycles. The molecule has 0 unspecified atom stereocenters. The van der Waals surface area contributed by atoms with Crippen LogP contribution in [-0.4, -0.2) is 19.1 Å². The van der Waals surface area contributed by atoms with Crippen molar-refractivity contribution < 1.29 is 4.74 Å². The van der Waals surface area contributed by atoms with Crippen molar-refractivity contribution in [1.29, 1.82) is 0 Å². The summed E-state index contributed by atoms with van der Waals surface area (Å²) in [5, 5.41) is 4.27. The monoisotopic (exact) mass is 252 g/mol. The summed E-state index contributed by atoms with van der Waals surface area (Å²) in [6.07, 6.45) is 0. The zero-order valence-corrected chi connectivity index (χ0v) is 10.4. The fourth-order valence-electron chi connectivity index (χ4n) is 1.78. The van der Waals surface area contributed by atoms with E-state index in [0.29, 0.717) is 28.4 Å². The maximum atomic E-state index is 11.8. The number of rotatable bonds is 3. The highest BCUT2D eigenvalue weighted by Crippen LogP contribution is 2.29. The minimum absolute atomic E-state index is 0.137. The number of pyridine rings is 1. The molecule has 2 aromatic rings. The van der Waals surface area contributed by atoms with Crippen molar-refractivity contribution >= 4 is 22.5 Å². The Morgan fingerprint density at radius 2 is 2.24 bits per heavy atom. The Balaban J connectivity index is 2.77. The Hall–Kier alpha value is -1.52. The molecule has 90 valence electrons. The normalized spacial score (nSPS) is 10.8. The lowest BCUT2D eigenvalue weighted by Gasteiger charge is -2.08. The second kappa shape index (κ2) is 4.77. The topological polar surface area (TPSA) is 54.1 Å². The lowest BCUT2D eigenvalue weighted by molar-refractivity contribution is 0.419. The van der Waals surface area contributed by atoms with E-state index in [4.69, 9.17) is 16.3 Å². The van der Waals surface area contributed by atoms with Crippen molar-refractivity contribution in [1.82, 2.24) is 10.3 Å². The number of aromatic amines is 1. The summed E-state index contributed by atoms with van der Waals surface area (Å²) in [4.78, 5) is 14.6. The minimum atomic E-state index is -0.137. The summed E-state index contributed by atoms with van der Waals surface area (Å²) in [5.41, 5.74) is 1.12. The second-order valence-corrected chi connectivity index (χ2v) is 4.10. The van der Waals surface area contributed by atoms with Gasteiger partial charge in [-0.2, -0.15) is 0 Å². The van der Waals surface area contributed by atoms with Gasteiger partial charge in [0.1, 0.15) is 5.75 Å². The van der Waals surface area contributed by atoms with Gasteiger partial charge in [-0.3, -0.25) is 4.79 Å². The SMILES string of the molecule is CNCc1cc2c(OC)ccc(Cl)c2[nH]c1=O. The maximum absolute atomic E-state index is 11.8. The molecular weight excluding hydrogens is 240 g/mol. The average molecular weight is 253 g/mol. The smallest absolute Gasteiger partial charge is 0.252 e. The van der Waals surface area contributed by atoms with Crippen molar-refractivity contribution in [2.45, 2.75) is 6.54 Å². The number of fused-ring (bicyclic) bond motifs is 1. The summed E-state index contributed by atoms with van der Waals surface area (Å²) in [6, 6.07) is 5.29. The Kier molecular flexibility index (Phi) is 3.36. The van der Waals surface area contributed by atoms with Gasteiger partial charge in [0.2, 0.25) is 0 Å². The summed E-state index contributed by atoms with van der Waals surface area (Å²) in [6.45, 7) is 0.501. The lowest BCUT2D eigenvalue weighted by atomic mass is 10.1. The van der Waals surface area contributed by atoms with Crippen LogP contribution in [0.1, 0.15) is 5.56 Å². The van der Waals surface area contributed by atoms with Crippen LogP contribution in [0.25, 0.3) is 10.9 Å². The van der Waals surface area contributed by atoms with E-state index in [2.05, 4.69) is 10.3 Å². The number of benzene rings is 1. The zero-order valence-electron chi connectivity index (χ0n) is 9.63. The van der Waals surface area contributed by atoms with Gasteiger partial charge in [-0.05, 0) is 25.2 Å². The van der Waals surface area contributed by atoms with E-state index in [9.17, 15) is 4.79 Å². The van der Waals surface area contributed by atoms with E-state index in [0.717, 1.165) is 5.39 Å².